The number of hydrogen-bond donors (Lipinski definition) is 2. The number of primary amides is 1. The molecule has 0 aliphatic carbocycles. The highest BCUT2D eigenvalue weighted by molar-refractivity contribution is 6.08. The molecule has 0 aromatic heterocycles. The largest absolute Gasteiger partial charge is 0.481 e. The summed E-state index contributed by atoms with van der Waals surface area (Å²) in [5, 5.41) is 9.98. The lowest BCUT2D eigenvalue weighted by Gasteiger charge is -2.39. The molecule has 3 N–H and O–H groups in total. The zero-order valence-electron chi connectivity index (χ0n) is 15.8. The lowest BCUT2D eigenvalue weighted by molar-refractivity contribution is -0.142. The van der Waals surface area contributed by atoms with Crippen molar-refractivity contribution in [3.8, 4) is 0 Å². The predicted octanol–water partition coefficient (Wildman–Crippen LogP) is 2.62. The number of nitrogens with two attached hydrogens (primary N) is 1. The van der Waals surface area contributed by atoms with Crippen LogP contribution in [-0.2, 0) is 14.4 Å². The van der Waals surface area contributed by atoms with E-state index in [0.717, 1.165) is 4.90 Å². The number of amides is 3. The monoisotopic (exact) mass is 394 g/mol. The summed E-state index contributed by atoms with van der Waals surface area (Å²) in [6.07, 6.45) is 0.991. The molecule has 0 fully saturated rings. The van der Waals surface area contributed by atoms with Crippen molar-refractivity contribution in [3.05, 3.63) is 71.3 Å². The van der Waals surface area contributed by atoms with E-state index in [0.29, 0.717) is 24.0 Å². The van der Waals surface area contributed by atoms with E-state index < -0.39 is 35.7 Å². The zero-order chi connectivity index (χ0) is 21.0. The second-order valence-electron chi connectivity index (χ2n) is 7.00. The summed E-state index contributed by atoms with van der Waals surface area (Å²) in [5.74, 6) is -3.60. The summed E-state index contributed by atoms with van der Waals surface area (Å²) in [4.78, 5) is 50.4. The maximum atomic E-state index is 13.2. The van der Waals surface area contributed by atoms with Crippen LogP contribution in [0.5, 0.6) is 0 Å². The van der Waals surface area contributed by atoms with E-state index in [2.05, 4.69) is 0 Å². The molecule has 1 aliphatic heterocycles. The average molecular weight is 394 g/mol. The Balaban J connectivity index is 2.01. The van der Waals surface area contributed by atoms with Gasteiger partial charge in [0.1, 0.15) is 5.92 Å². The van der Waals surface area contributed by atoms with E-state index in [9.17, 15) is 24.3 Å². The Kier molecular flexibility index (Phi) is 6.07. The predicted molar refractivity (Wildman–Crippen MR) is 105 cm³/mol. The Bertz CT molecular complexity index is 941. The number of carboxylic acids is 1. The molecule has 0 bridgehead atoms. The molecule has 3 rings (SSSR count). The molecule has 3 amide bonds. The maximum absolute atomic E-state index is 13.2. The molecule has 0 saturated heterocycles. The second-order valence-corrected chi connectivity index (χ2v) is 7.00. The normalized spacial score (nSPS) is 18.2. The number of fused-ring (bicyclic) bond motifs is 1. The van der Waals surface area contributed by atoms with Crippen LogP contribution in [-0.4, -0.2) is 33.7 Å². The summed E-state index contributed by atoms with van der Waals surface area (Å²) < 4.78 is 0. The standard InChI is InChI=1S/C22H22N2O5/c23-17(25)12-6-7-13-18(26)24-20(14-8-2-1-3-9-14)19(22(28)29)15-10-4-5-11-16(15)21(24)27/h1-5,8-11,19-20H,6-7,12-13H2,(H2,23,25)(H,28,29)/t19-,20+/m0/s1. The van der Waals surface area contributed by atoms with Crippen LogP contribution in [0.4, 0.5) is 0 Å². The van der Waals surface area contributed by atoms with Crippen molar-refractivity contribution in [2.45, 2.75) is 37.6 Å². The summed E-state index contributed by atoms with van der Waals surface area (Å²) in [7, 11) is 0. The maximum Gasteiger partial charge on any atom is 0.313 e. The number of imide groups is 1. The third-order valence-electron chi connectivity index (χ3n) is 5.08. The number of benzene rings is 2. The lowest BCUT2D eigenvalue weighted by Crippen LogP contribution is -2.48. The summed E-state index contributed by atoms with van der Waals surface area (Å²) in [5.41, 5.74) is 6.32. The van der Waals surface area contributed by atoms with Gasteiger partial charge in [0.05, 0.1) is 6.04 Å². The van der Waals surface area contributed by atoms with E-state index in [1.165, 1.54) is 0 Å². The van der Waals surface area contributed by atoms with Crippen LogP contribution in [0.25, 0.3) is 0 Å². The molecule has 1 aliphatic rings. The molecular formula is C22H22N2O5. The Morgan fingerprint density at radius 2 is 1.55 bits per heavy atom. The van der Waals surface area contributed by atoms with Gasteiger partial charge < -0.3 is 10.8 Å². The van der Waals surface area contributed by atoms with Gasteiger partial charge in [-0.3, -0.25) is 24.1 Å². The number of unbranched alkanes of at least 4 members (excludes halogenated alkanes) is 1. The molecule has 2 aromatic rings. The SMILES string of the molecule is NC(=O)CCCCC(=O)N1C(=O)c2ccccc2[C@H](C(=O)O)[C@H]1c1ccccc1. The molecule has 0 unspecified atom stereocenters. The van der Waals surface area contributed by atoms with E-state index in [-0.39, 0.29) is 18.4 Å². The Labute approximate surface area is 168 Å². The molecule has 29 heavy (non-hydrogen) atoms. The fourth-order valence-electron chi connectivity index (χ4n) is 3.76. The minimum absolute atomic E-state index is 0.0247. The third-order valence-corrected chi connectivity index (χ3v) is 5.08. The van der Waals surface area contributed by atoms with E-state index in [4.69, 9.17) is 5.73 Å². The minimum atomic E-state index is -1.11. The number of hydrogen-bond acceptors (Lipinski definition) is 4. The Morgan fingerprint density at radius 3 is 2.21 bits per heavy atom. The van der Waals surface area contributed by atoms with Crippen molar-refractivity contribution in [2.24, 2.45) is 5.73 Å². The van der Waals surface area contributed by atoms with Crippen molar-refractivity contribution in [1.29, 1.82) is 0 Å². The molecular weight excluding hydrogens is 372 g/mol. The van der Waals surface area contributed by atoms with Crippen molar-refractivity contribution >= 4 is 23.7 Å². The van der Waals surface area contributed by atoms with Crippen LogP contribution >= 0.6 is 0 Å². The van der Waals surface area contributed by atoms with E-state index >= 15 is 0 Å². The topological polar surface area (TPSA) is 118 Å². The van der Waals surface area contributed by atoms with Crippen LogP contribution in [0.15, 0.2) is 54.6 Å². The lowest BCUT2D eigenvalue weighted by atomic mass is 9.79. The van der Waals surface area contributed by atoms with Gasteiger partial charge in [0, 0.05) is 18.4 Å². The number of nitrogens with zero attached hydrogens (tertiary/aromatic N) is 1. The van der Waals surface area contributed by atoms with E-state index in [1.54, 1.807) is 54.6 Å². The first-order valence-corrected chi connectivity index (χ1v) is 9.43. The molecule has 7 heteroatoms. The highest BCUT2D eigenvalue weighted by Crippen LogP contribution is 2.43. The molecule has 1 heterocycles. The Hall–Kier alpha value is -3.48. The number of carbonyl (C=O) groups excluding carboxylic acids is 3. The van der Waals surface area contributed by atoms with Crippen LogP contribution in [0.2, 0.25) is 0 Å². The average Bonchev–Trinajstić information content (AvgIpc) is 2.71. The number of carboxylic acid groups (broad SMARTS) is 1. The second kappa shape index (κ2) is 8.68. The minimum Gasteiger partial charge on any atom is -0.481 e. The zero-order valence-corrected chi connectivity index (χ0v) is 15.8. The van der Waals surface area contributed by atoms with Crippen molar-refractivity contribution in [2.75, 3.05) is 0 Å². The van der Waals surface area contributed by atoms with Gasteiger partial charge in [0.2, 0.25) is 11.8 Å². The first-order chi connectivity index (χ1) is 13.9. The van der Waals surface area contributed by atoms with Crippen molar-refractivity contribution in [1.82, 2.24) is 4.90 Å². The molecule has 150 valence electrons. The van der Waals surface area contributed by atoms with Gasteiger partial charge in [-0.2, -0.15) is 0 Å². The van der Waals surface area contributed by atoms with Gasteiger partial charge in [-0.15, -0.1) is 0 Å². The van der Waals surface area contributed by atoms with Gasteiger partial charge in [-0.25, -0.2) is 0 Å². The summed E-state index contributed by atoms with van der Waals surface area (Å²) in [6.45, 7) is 0. The van der Waals surface area contributed by atoms with Gasteiger partial charge in [0.15, 0.2) is 0 Å². The number of carbonyl (C=O) groups is 4. The van der Waals surface area contributed by atoms with Gasteiger partial charge >= 0.3 is 5.97 Å². The molecule has 0 spiro atoms. The molecule has 2 atom stereocenters. The number of aliphatic carboxylic acids is 1. The fourth-order valence-corrected chi connectivity index (χ4v) is 3.76. The van der Waals surface area contributed by atoms with Crippen LogP contribution in [0, 0.1) is 0 Å². The molecule has 0 radical (unpaired) electrons. The highest BCUT2D eigenvalue weighted by Gasteiger charge is 2.46. The van der Waals surface area contributed by atoms with Crippen molar-refractivity contribution in [3.63, 3.8) is 0 Å². The first-order valence-electron chi connectivity index (χ1n) is 9.43. The fraction of sp³-hybridized carbons (Fsp3) is 0.273. The number of rotatable bonds is 7. The molecule has 2 aromatic carbocycles. The highest BCUT2D eigenvalue weighted by atomic mass is 16.4. The van der Waals surface area contributed by atoms with Gasteiger partial charge in [-0.1, -0.05) is 48.5 Å². The summed E-state index contributed by atoms with van der Waals surface area (Å²) in [6, 6.07) is 14.3. The van der Waals surface area contributed by atoms with Gasteiger partial charge in [-0.05, 0) is 30.0 Å². The summed E-state index contributed by atoms with van der Waals surface area (Å²) >= 11 is 0. The Morgan fingerprint density at radius 1 is 0.931 bits per heavy atom. The van der Waals surface area contributed by atoms with Crippen molar-refractivity contribution < 1.29 is 24.3 Å². The first kappa shape index (κ1) is 20.3. The molecule has 7 nitrogen and oxygen atoms in total. The third kappa shape index (κ3) is 4.18. The van der Waals surface area contributed by atoms with Crippen LogP contribution in [0.3, 0.4) is 0 Å². The quantitative estimate of drug-likeness (QED) is 0.700. The van der Waals surface area contributed by atoms with Gasteiger partial charge in [0.25, 0.3) is 5.91 Å². The van der Waals surface area contributed by atoms with Crippen LogP contribution in [0.1, 0.15) is 59.1 Å². The molecule has 0 saturated carbocycles. The van der Waals surface area contributed by atoms with Crippen LogP contribution < -0.4 is 5.73 Å². The van der Waals surface area contributed by atoms with E-state index in [1.807, 2.05) is 0 Å². The smallest absolute Gasteiger partial charge is 0.313 e.